The quantitative estimate of drug-likeness (QED) is 0.525. The molecule has 4 rings (SSSR count). The number of piperidine rings is 1. The van der Waals surface area contributed by atoms with Gasteiger partial charge >= 0.3 is 0 Å². The van der Waals surface area contributed by atoms with Crippen molar-refractivity contribution < 1.29 is 4.79 Å². The zero-order chi connectivity index (χ0) is 22.2. The fraction of sp³-hybridized carbons (Fsp3) is 0.522. The number of likely N-dealkylation sites (tertiary alicyclic amines) is 1. The van der Waals surface area contributed by atoms with Crippen molar-refractivity contribution in [1.29, 1.82) is 0 Å². The number of carbonyl (C=O) groups is 1. The Kier molecular flexibility index (Phi) is 7.60. The Hall–Kier alpha value is -3.07. The van der Waals surface area contributed by atoms with Crippen LogP contribution >= 0.6 is 0 Å². The predicted octanol–water partition coefficient (Wildman–Crippen LogP) is 2.44. The van der Waals surface area contributed by atoms with Crippen molar-refractivity contribution in [3.05, 3.63) is 60.4 Å². The lowest BCUT2D eigenvalue weighted by molar-refractivity contribution is -0.122. The van der Waals surface area contributed by atoms with E-state index in [4.69, 9.17) is 0 Å². The molecule has 1 aliphatic rings. The molecule has 0 aliphatic carbocycles. The largest absolute Gasteiger partial charge is 0.347 e. The van der Waals surface area contributed by atoms with Crippen LogP contribution in [0.4, 0.5) is 0 Å². The first-order valence-corrected chi connectivity index (χ1v) is 11.4. The van der Waals surface area contributed by atoms with Gasteiger partial charge in [-0.3, -0.25) is 9.69 Å². The van der Waals surface area contributed by atoms with Gasteiger partial charge in [-0.1, -0.05) is 37.3 Å². The van der Waals surface area contributed by atoms with Crippen molar-refractivity contribution in [3.63, 3.8) is 0 Å². The number of carbonyl (C=O) groups excluding carboxylic acids is 1. The number of hydrogen-bond donors (Lipinski definition) is 1. The predicted molar refractivity (Wildman–Crippen MR) is 120 cm³/mol. The molecular weight excluding hydrogens is 404 g/mol. The van der Waals surface area contributed by atoms with Crippen molar-refractivity contribution in [2.45, 2.75) is 58.3 Å². The molecule has 2 aromatic heterocycles. The lowest BCUT2D eigenvalue weighted by Crippen LogP contribution is -2.33. The zero-order valence-electron chi connectivity index (χ0n) is 18.7. The van der Waals surface area contributed by atoms with Gasteiger partial charge in [0.15, 0.2) is 5.82 Å². The Morgan fingerprint density at radius 2 is 2.03 bits per heavy atom. The van der Waals surface area contributed by atoms with Gasteiger partial charge in [0.2, 0.25) is 5.91 Å². The first kappa shape index (κ1) is 22.1. The molecule has 0 saturated carbocycles. The van der Waals surface area contributed by atoms with E-state index in [1.165, 1.54) is 12.8 Å². The van der Waals surface area contributed by atoms with E-state index in [0.29, 0.717) is 25.9 Å². The number of hydrogen-bond acceptors (Lipinski definition) is 6. The maximum absolute atomic E-state index is 12.7. The fourth-order valence-electron chi connectivity index (χ4n) is 4.11. The van der Waals surface area contributed by atoms with Gasteiger partial charge in [0, 0.05) is 31.9 Å². The Morgan fingerprint density at radius 1 is 1.22 bits per heavy atom. The van der Waals surface area contributed by atoms with Crippen molar-refractivity contribution in [2.24, 2.45) is 5.92 Å². The maximum atomic E-state index is 12.7. The molecule has 1 aromatic carbocycles. The number of benzene rings is 1. The van der Waals surface area contributed by atoms with Crippen LogP contribution in [0.15, 0.2) is 49.1 Å². The Labute approximate surface area is 188 Å². The van der Waals surface area contributed by atoms with Crippen LogP contribution in [0, 0.1) is 5.92 Å². The summed E-state index contributed by atoms with van der Waals surface area (Å²) in [7, 11) is 0. The third kappa shape index (κ3) is 6.23. The Morgan fingerprint density at radius 3 is 2.78 bits per heavy atom. The van der Waals surface area contributed by atoms with Crippen LogP contribution in [0.2, 0.25) is 0 Å². The van der Waals surface area contributed by atoms with E-state index in [9.17, 15) is 4.79 Å². The van der Waals surface area contributed by atoms with E-state index in [2.05, 4.69) is 37.6 Å². The molecule has 0 unspecified atom stereocenters. The summed E-state index contributed by atoms with van der Waals surface area (Å²) in [6.45, 7) is 6.54. The summed E-state index contributed by atoms with van der Waals surface area (Å²) in [5.41, 5.74) is 1.08. The third-order valence-corrected chi connectivity index (χ3v) is 6.11. The van der Waals surface area contributed by atoms with E-state index >= 15 is 0 Å². The van der Waals surface area contributed by atoms with Gasteiger partial charge in [0.1, 0.15) is 0 Å². The van der Waals surface area contributed by atoms with Crippen LogP contribution < -0.4 is 5.32 Å². The van der Waals surface area contributed by atoms with Crippen molar-refractivity contribution in [1.82, 2.24) is 40.0 Å². The molecule has 1 saturated heterocycles. The van der Waals surface area contributed by atoms with Crippen LogP contribution in [0.1, 0.15) is 50.0 Å². The van der Waals surface area contributed by atoms with Gasteiger partial charge < -0.3 is 9.88 Å². The summed E-state index contributed by atoms with van der Waals surface area (Å²) >= 11 is 0. The van der Waals surface area contributed by atoms with Crippen LogP contribution in [-0.4, -0.2) is 53.7 Å². The molecule has 0 spiro atoms. The number of aryl methyl sites for hydroxylation is 1. The molecule has 0 bridgehead atoms. The highest BCUT2D eigenvalue weighted by atomic mass is 16.1. The summed E-state index contributed by atoms with van der Waals surface area (Å²) in [6, 6.07) is 9.93. The van der Waals surface area contributed by atoms with E-state index in [-0.39, 0.29) is 11.9 Å². The molecule has 32 heavy (non-hydrogen) atoms. The van der Waals surface area contributed by atoms with Gasteiger partial charge in [0.25, 0.3) is 0 Å². The molecule has 1 amide bonds. The molecule has 3 aromatic rings. The third-order valence-electron chi connectivity index (χ3n) is 6.11. The molecule has 3 heterocycles. The van der Waals surface area contributed by atoms with Crippen molar-refractivity contribution in [3.8, 4) is 0 Å². The van der Waals surface area contributed by atoms with Gasteiger partial charge in [-0.25, -0.2) is 9.67 Å². The normalized spacial score (nSPS) is 16.2. The highest BCUT2D eigenvalue weighted by molar-refractivity contribution is 5.76. The van der Waals surface area contributed by atoms with E-state index in [1.807, 2.05) is 45.8 Å². The second-order valence-electron chi connectivity index (χ2n) is 8.67. The van der Waals surface area contributed by atoms with Gasteiger partial charge in [-0.2, -0.15) is 0 Å². The number of nitrogens with zero attached hydrogens (tertiary/aromatic N) is 7. The van der Waals surface area contributed by atoms with Crippen LogP contribution in [0.5, 0.6) is 0 Å². The molecule has 1 aliphatic heterocycles. The minimum atomic E-state index is -0.108. The molecule has 9 heteroatoms. The van der Waals surface area contributed by atoms with E-state index in [0.717, 1.165) is 36.9 Å². The maximum Gasteiger partial charge on any atom is 0.220 e. The minimum Gasteiger partial charge on any atom is -0.347 e. The second-order valence-corrected chi connectivity index (χ2v) is 8.67. The summed E-state index contributed by atoms with van der Waals surface area (Å²) < 4.78 is 3.82. The molecule has 1 atom stereocenters. The van der Waals surface area contributed by atoms with Crippen LogP contribution in [-0.2, 0) is 24.4 Å². The first-order valence-electron chi connectivity index (χ1n) is 11.4. The summed E-state index contributed by atoms with van der Waals surface area (Å²) in [5.74, 6) is 1.70. The monoisotopic (exact) mass is 436 g/mol. The number of aromatic nitrogens is 6. The average Bonchev–Trinajstić information content (AvgIpc) is 3.48. The minimum absolute atomic E-state index is 0.0265. The first-order chi connectivity index (χ1) is 15.7. The number of amides is 1. The molecule has 9 nitrogen and oxygen atoms in total. The van der Waals surface area contributed by atoms with Gasteiger partial charge in [0.05, 0.1) is 18.9 Å². The Bertz CT molecular complexity index is 948. The molecule has 1 N–H and O–H groups in total. The smallest absolute Gasteiger partial charge is 0.220 e. The molecule has 0 radical (unpaired) electrons. The van der Waals surface area contributed by atoms with Crippen LogP contribution in [0.25, 0.3) is 0 Å². The molecular formula is C23H32N8O. The van der Waals surface area contributed by atoms with Gasteiger partial charge in [-0.05, 0) is 54.3 Å². The average molecular weight is 437 g/mol. The molecule has 1 fully saturated rings. The van der Waals surface area contributed by atoms with Crippen molar-refractivity contribution >= 4 is 5.91 Å². The van der Waals surface area contributed by atoms with Crippen molar-refractivity contribution in [2.75, 3.05) is 13.1 Å². The summed E-state index contributed by atoms with van der Waals surface area (Å²) in [5, 5.41) is 15.4. The number of imidazole rings is 1. The van der Waals surface area contributed by atoms with E-state index in [1.54, 1.807) is 12.5 Å². The lowest BCUT2D eigenvalue weighted by atomic mass is 9.99. The Balaban J connectivity index is 1.27. The second kappa shape index (κ2) is 11.0. The highest BCUT2D eigenvalue weighted by Crippen LogP contribution is 2.18. The number of nitrogens with one attached hydrogen (secondary N) is 1. The SMILES string of the molecule is CC1CCN(Cc2nnnn2CCCC(=O)N[C@@H](Cn2ccnc2)c2ccccc2)CC1. The summed E-state index contributed by atoms with van der Waals surface area (Å²) in [6.07, 6.45) is 8.99. The topological polar surface area (TPSA) is 93.8 Å². The number of rotatable bonds is 10. The van der Waals surface area contributed by atoms with E-state index < -0.39 is 0 Å². The lowest BCUT2D eigenvalue weighted by Gasteiger charge is -2.29. The fourth-order valence-corrected chi connectivity index (χ4v) is 4.11. The summed E-state index contributed by atoms with van der Waals surface area (Å²) in [4.78, 5) is 19.2. The molecule has 170 valence electrons. The van der Waals surface area contributed by atoms with Gasteiger partial charge in [-0.15, -0.1) is 5.10 Å². The van der Waals surface area contributed by atoms with Crippen LogP contribution in [0.3, 0.4) is 0 Å². The standard InChI is InChI=1S/C23H32N8O/c1-19-9-13-29(14-10-19)17-22-26-27-28-31(22)12-5-8-23(32)25-21(16-30-15-11-24-18-30)20-6-3-2-4-7-20/h2-4,6-7,11,15,18-19,21H,5,8-10,12-14,16-17H2,1H3,(H,25,32)/t21-/m0/s1. The highest BCUT2D eigenvalue weighted by Gasteiger charge is 2.19. The zero-order valence-corrected chi connectivity index (χ0v) is 18.7. The number of tetrazole rings is 1.